The van der Waals surface area contributed by atoms with E-state index in [9.17, 15) is 27.2 Å². The fraction of sp³-hybridized carbons (Fsp3) is 0.600. The van der Waals surface area contributed by atoms with Gasteiger partial charge in [0.15, 0.2) is 0 Å². The van der Waals surface area contributed by atoms with Crippen LogP contribution in [0.1, 0.15) is 24.8 Å². The summed E-state index contributed by atoms with van der Waals surface area (Å²) in [5.41, 5.74) is -1.06. The molecule has 2 heterocycles. The molecule has 3 fully saturated rings. The average Bonchev–Trinajstić information content (AvgIpc) is 3.19. The van der Waals surface area contributed by atoms with Crippen LogP contribution in [0, 0.1) is 12.7 Å². The number of anilines is 1. The molecule has 1 aliphatic carbocycles. The van der Waals surface area contributed by atoms with Crippen LogP contribution in [0.3, 0.4) is 0 Å². The van der Waals surface area contributed by atoms with Crippen LogP contribution in [-0.2, 0) is 9.59 Å². The van der Waals surface area contributed by atoms with E-state index in [1.807, 2.05) is 9.80 Å². The van der Waals surface area contributed by atoms with Crippen LogP contribution in [-0.4, -0.2) is 71.6 Å². The summed E-state index contributed by atoms with van der Waals surface area (Å²) in [6, 6.07) is 4.50. The van der Waals surface area contributed by atoms with Crippen LogP contribution in [0.5, 0.6) is 0 Å². The second kappa shape index (κ2) is 7.49. The first-order valence-electron chi connectivity index (χ1n) is 9.98. The molecule has 1 aromatic rings. The maximum atomic E-state index is 13.3. The number of aryl methyl sites for hydroxylation is 1. The maximum absolute atomic E-state index is 13.3. The van der Waals surface area contributed by atoms with E-state index >= 15 is 0 Å². The van der Waals surface area contributed by atoms with Gasteiger partial charge in [-0.15, -0.1) is 0 Å². The second-order valence-electron chi connectivity index (χ2n) is 8.54. The van der Waals surface area contributed by atoms with E-state index in [0.717, 1.165) is 6.42 Å². The van der Waals surface area contributed by atoms with Gasteiger partial charge in [-0.3, -0.25) is 19.4 Å². The van der Waals surface area contributed by atoms with Crippen molar-refractivity contribution in [3.8, 4) is 0 Å². The molecule has 2 saturated heterocycles. The number of piperazine rings is 1. The van der Waals surface area contributed by atoms with E-state index < -0.39 is 17.6 Å². The Bertz CT molecular complexity index is 856. The van der Waals surface area contributed by atoms with Gasteiger partial charge < -0.3 is 10.6 Å². The highest BCUT2D eigenvalue weighted by atomic mass is 19.4. The second-order valence-corrected chi connectivity index (χ2v) is 8.54. The quantitative estimate of drug-likeness (QED) is 0.681. The van der Waals surface area contributed by atoms with E-state index in [1.54, 1.807) is 13.0 Å². The lowest BCUT2D eigenvalue weighted by molar-refractivity contribution is -0.170. The molecule has 2 amide bonds. The van der Waals surface area contributed by atoms with Gasteiger partial charge in [0.2, 0.25) is 11.8 Å². The fourth-order valence-electron chi connectivity index (χ4n) is 4.42. The third kappa shape index (κ3) is 4.15. The summed E-state index contributed by atoms with van der Waals surface area (Å²) >= 11 is 0. The predicted octanol–water partition coefficient (Wildman–Crippen LogP) is 2.04. The van der Waals surface area contributed by atoms with Gasteiger partial charge in [-0.05, 0) is 49.9 Å². The van der Waals surface area contributed by atoms with Gasteiger partial charge in [0.1, 0.15) is 11.4 Å². The summed E-state index contributed by atoms with van der Waals surface area (Å²) in [6.07, 6.45) is -3.77. The van der Waals surface area contributed by atoms with E-state index in [2.05, 4.69) is 10.6 Å². The molecule has 6 nitrogen and oxygen atoms in total. The molecule has 0 spiro atoms. The number of hydrogen-bond acceptors (Lipinski definition) is 4. The highest BCUT2D eigenvalue weighted by Crippen LogP contribution is 2.48. The van der Waals surface area contributed by atoms with Crippen LogP contribution in [0.15, 0.2) is 18.2 Å². The molecule has 3 aliphatic rings. The first kappa shape index (κ1) is 21.0. The minimum absolute atomic E-state index is 0.0441. The molecule has 4 rings (SSSR count). The molecule has 0 aromatic heterocycles. The van der Waals surface area contributed by atoms with Gasteiger partial charge in [-0.1, -0.05) is 0 Å². The Morgan fingerprint density at radius 2 is 1.70 bits per heavy atom. The number of carbonyl (C=O) groups is 2. The van der Waals surface area contributed by atoms with Gasteiger partial charge in [-0.25, -0.2) is 4.39 Å². The Balaban J connectivity index is 1.25. The zero-order valence-electron chi connectivity index (χ0n) is 16.6. The molecule has 1 saturated carbocycles. The van der Waals surface area contributed by atoms with Crippen molar-refractivity contribution in [3.63, 3.8) is 0 Å². The molecule has 2 aliphatic heterocycles. The van der Waals surface area contributed by atoms with Crippen LogP contribution < -0.4 is 10.6 Å². The predicted molar refractivity (Wildman–Crippen MR) is 101 cm³/mol. The monoisotopic (exact) mass is 428 g/mol. The molecular formula is C20H24F4N4O2. The smallest absolute Gasteiger partial charge is 0.341 e. The zero-order chi connectivity index (χ0) is 21.7. The number of hydrogen-bond donors (Lipinski definition) is 2. The highest BCUT2D eigenvalue weighted by Gasteiger charge is 2.64. The summed E-state index contributed by atoms with van der Waals surface area (Å²) in [4.78, 5) is 28.4. The van der Waals surface area contributed by atoms with Gasteiger partial charge in [0.25, 0.3) is 0 Å². The molecule has 164 valence electrons. The number of fused-ring (bicyclic) bond motifs is 2. The molecule has 1 aromatic carbocycles. The summed E-state index contributed by atoms with van der Waals surface area (Å²) < 4.78 is 52.3. The first-order valence-corrected chi connectivity index (χ1v) is 9.98. The Kier molecular flexibility index (Phi) is 5.26. The Labute approximate surface area is 171 Å². The normalized spacial score (nSPS) is 25.4. The van der Waals surface area contributed by atoms with Crippen LogP contribution in [0.25, 0.3) is 0 Å². The van der Waals surface area contributed by atoms with Crippen molar-refractivity contribution in [2.45, 2.75) is 50.0 Å². The summed E-state index contributed by atoms with van der Waals surface area (Å²) in [5, 5.41) is 4.92. The molecule has 2 bridgehead atoms. The maximum Gasteiger partial charge on any atom is 0.411 e. The van der Waals surface area contributed by atoms with Crippen LogP contribution in [0.4, 0.5) is 23.2 Å². The molecular weight excluding hydrogens is 404 g/mol. The van der Waals surface area contributed by atoms with Crippen molar-refractivity contribution in [3.05, 3.63) is 29.6 Å². The van der Waals surface area contributed by atoms with Gasteiger partial charge in [-0.2, -0.15) is 13.2 Å². The fourth-order valence-corrected chi connectivity index (χ4v) is 4.42. The van der Waals surface area contributed by atoms with E-state index in [4.69, 9.17) is 0 Å². The Morgan fingerprint density at radius 1 is 1.10 bits per heavy atom. The molecule has 2 atom stereocenters. The Morgan fingerprint density at radius 3 is 2.20 bits per heavy atom. The van der Waals surface area contributed by atoms with E-state index in [-0.39, 0.29) is 49.7 Å². The number of halogens is 4. The van der Waals surface area contributed by atoms with Crippen molar-refractivity contribution in [2.24, 2.45) is 0 Å². The van der Waals surface area contributed by atoms with E-state index in [1.165, 1.54) is 12.1 Å². The summed E-state index contributed by atoms with van der Waals surface area (Å²) in [7, 11) is 0. The molecule has 30 heavy (non-hydrogen) atoms. The topological polar surface area (TPSA) is 64.7 Å². The van der Waals surface area contributed by atoms with Crippen molar-refractivity contribution in [1.82, 2.24) is 15.1 Å². The molecule has 2 N–H and O–H groups in total. The van der Waals surface area contributed by atoms with Crippen molar-refractivity contribution < 1.29 is 27.2 Å². The number of alkyl halides is 3. The van der Waals surface area contributed by atoms with Crippen LogP contribution in [0.2, 0.25) is 0 Å². The number of carbonyl (C=O) groups excluding carboxylic acids is 2. The summed E-state index contributed by atoms with van der Waals surface area (Å²) in [5.74, 6) is -1.15. The first-order chi connectivity index (χ1) is 14.1. The lowest BCUT2D eigenvalue weighted by atomic mass is 10.2. The SMILES string of the molecule is Cc1cc(NC(=O)CN2C[C@@H]3C[C@H]2CN3CC(=O)NC2(C(F)(F)F)CC2)ccc1F. The van der Waals surface area contributed by atoms with Crippen molar-refractivity contribution in [2.75, 3.05) is 31.5 Å². The van der Waals surface area contributed by atoms with Crippen LogP contribution >= 0.6 is 0 Å². The third-order valence-corrected chi connectivity index (χ3v) is 6.27. The molecule has 0 unspecified atom stereocenters. The minimum atomic E-state index is -4.42. The number of likely N-dealkylation sites (tertiary alicyclic amines) is 2. The molecule has 10 heteroatoms. The lowest BCUT2D eigenvalue weighted by Crippen LogP contribution is -2.54. The third-order valence-electron chi connectivity index (χ3n) is 6.27. The highest BCUT2D eigenvalue weighted by molar-refractivity contribution is 5.92. The standard InChI is InChI=1S/C20H24F4N4O2/c1-12-6-13(2-3-16(12)21)25-17(29)10-27-8-15-7-14(27)9-28(15)11-18(30)26-19(4-5-19)20(22,23)24/h2-3,6,14-15H,4-5,7-11H2,1H3,(H,25,29)(H,26,30)/t14-,15-/m0/s1. The minimum Gasteiger partial charge on any atom is -0.341 e. The zero-order valence-corrected chi connectivity index (χ0v) is 16.6. The Hall–Kier alpha value is -2.20. The van der Waals surface area contributed by atoms with E-state index in [0.29, 0.717) is 24.3 Å². The number of nitrogens with one attached hydrogen (secondary N) is 2. The molecule has 0 radical (unpaired) electrons. The number of rotatable bonds is 6. The number of nitrogens with zero attached hydrogens (tertiary/aromatic N) is 2. The number of amides is 2. The van der Waals surface area contributed by atoms with Crippen molar-refractivity contribution in [1.29, 1.82) is 0 Å². The largest absolute Gasteiger partial charge is 0.411 e. The van der Waals surface area contributed by atoms with Gasteiger partial charge >= 0.3 is 6.18 Å². The lowest BCUT2D eigenvalue weighted by Gasteiger charge is -2.33. The number of benzene rings is 1. The van der Waals surface area contributed by atoms with Gasteiger partial charge in [0, 0.05) is 30.9 Å². The average molecular weight is 428 g/mol. The summed E-state index contributed by atoms with van der Waals surface area (Å²) in [6.45, 7) is 2.86. The van der Waals surface area contributed by atoms with Gasteiger partial charge in [0.05, 0.1) is 13.1 Å². The van der Waals surface area contributed by atoms with Crippen molar-refractivity contribution >= 4 is 17.5 Å².